The van der Waals surface area contributed by atoms with E-state index in [0.717, 1.165) is 11.1 Å². The molecule has 0 aliphatic rings. The van der Waals surface area contributed by atoms with Gasteiger partial charge >= 0.3 is 0 Å². The number of aryl methyl sites for hydroxylation is 2. The first-order chi connectivity index (χ1) is 12.2. The Balaban J connectivity index is 1.46. The van der Waals surface area contributed by atoms with E-state index in [-0.39, 0.29) is 5.91 Å². The summed E-state index contributed by atoms with van der Waals surface area (Å²) in [5, 5.41) is 10.9. The van der Waals surface area contributed by atoms with E-state index in [1.54, 1.807) is 12.4 Å². The van der Waals surface area contributed by atoms with Crippen LogP contribution in [-0.2, 0) is 24.2 Å². The first-order valence-electron chi connectivity index (χ1n) is 8.21. The Hall–Kier alpha value is -3.02. The van der Waals surface area contributed by atoms with Crippen molar-refractivity contribution >= 4 is 5.91 Å². The van der Waals surface area contributed by atoms with Crippen molar-refractivity contribution in [2.45, 2.75) is 32.7 Å². The Morgan fingerprint density at radius 2 is 1.96 bits per heavy atom. The predicted octanol–water partition coefficient (Wildman–Crippen LogP) is 2.61. The number of rotatable bonds is 7. The monoisotopic (exact) mass is 336 g/mol. The van der Waals surface area contributed by atoms with Crippen LogP contribution in [-0.4, -0.2) is 21.1 Å². The summed E-state index contributed by atoms with van der Waals surface area (Å²) in [4.78, 5) is 15.9. The van der Waals surface area contributed by atoms with Crippen LogP contribution in [0.4, 0.5) is 0 Å². The van der Waals surface area contributed by atoms with Gasteiger partial charge in [0.05, 0.1) is 6.42 Å². The molecule has 0 bridgehead atoms. The van der Waals surface area contributed by atoms with Crippen molar-refractivity contribution in [2.75, 3.05) is 0 Å². The first kappa shape index (κ1) is 16.8. The Kier molecular flexibility index (Phi) is 5.51. The van der Waals surface area contributed by atoms with E-state index in [4.69, 9.17) is 4.42 Å². The first-order valence-corrected chi connectivity index (χ1v) is 8.21. The fraction of sp³-hybridized carbons (Fsp3) is 0.263. The molecule has 0 atom stereocenters. The fourth-order valence-corrected chi connectivity index (χ4v) is 2.47. The molecule has 0 aliphatic carbocycles. The number of amides is 1. The third-order valence-electron chi connectivity index (χ3n) is 3.72. The molecule has 128 valence electrons. The summed E-state index contributed by atoms with van der Waals surface area (Å²) in [7, 11) is 0. The fourth-order valence-electron chi connectivity index (χ4n) is 2.47. The second kappa shape index (κ2) is 8.19. The number of pyridine rings is 1. The average molecular weight is 336 g/mol. The molecule has 1 aromatic carbocycles. The van der Waals surface area contributed by atoms with Crippen LogP contribution in [0.5, 0.6) is 0 Å². The number of hydrogen-bond acceptors (Lipinski definition) is 5. The molecule has 0 unspecified atom stereocenters. The zero-order valence-corrected chi connectivity index (χ0v) is 14.1. The lowest BCUT2D eigenvalue weighted by atomic mass is 10.1. The van der Waals surface area contributed by atoms with Gasteiger partial charge in [0.15, 0.2) is 0 Å². The van der Waals surface area contributed by atoms with Crippen molar-refractivity contribution in [1.29, 1.82) is 0 Å². The number of benzene rings is 1. The van der Waals surface area contributed by atoms with Gasteiger partial charge in [-0.15, -0.1) is 10.2 Å². The smallest absolute Gasteiger partial charge is 0.220 e. The zero-order valence-electron chi connectivity index (χ0n) is 14.1. The summed E-state index contributed by atoms with van der Waals surface area (Å²) in [5.74, 6) is 0.998. The number of aromatic nitrogens is 3. The van der Waals surface area contributed by atoms with Gasteiger partial charge in [-0.25, -0.2) is 0 Å². The minimum atomic E-state index is -0.0534. The third-order valence-corrected chi connectivity index (χ3v) is 3.72. The normalized spacial score (nSPS) is 10.6. The van der Waals surface area contributed by atoms with Crippen molar-refractivity contribution < 1.29 is 9.21 Å². The van der Waals surface area contributed by atoms with Gasteiger partial charge in [0.1, 0.15) is 0 Å². The minimum absolute atomic E-state index is 0.0534. The molecule has 3 rings (SSSR count). The van der Waals surface area contributed by atoms with Crippen LogP contribution in [0.15, 0.2) is 53.2 Å². The van der Waals surface area contributed by atoms with Gasteiger partial charge in [-0.05, 0) is 24.1 Å². The Morgan fingerprint density at radius 3 is 2.76 bits per heavy atom. The van der Waals surface area contributed by atoms with Crippen molar-refractivity contribution in [1.82, 2.24) is 20.5 Å². The molecule has 0 fully saturated rings. The highest BCUT2D eigenvalue weighted by atomic mass is 16.4. The van der Waals surface area contributed by atoms with Crippen LogP contribution in [0.1, 0.15) is 34.9 Å². The Morgan fingerprint density at radius 1 is 1.12 bits per heavy atom. The van der Waals surface area contributed by atoms with Crippen molar-refractivity contribution in [3.05, 3.63) is 77.3 Å². The summed E-state index contributed by atoms with van der Waals surface area (Å²) < 4.78 is 5.63. The van der Waals surface area contributed by atoms with E-state index < -0.39 is 0 Å². The predicted molar refractivity (Wildman–Crippen MR) is 92.7 cm³/mol. The second-order valence-electron chi connectivity index (χ2n) is 5.89. The molecule has 6 nitrogen and oxygen atoms in total. The van der Waals surface area contributed by atoms with E-state index in [1.165, 1.54) is 5.56 Å². The zero-order chi connectivity index (χ0) is 17.5. The maximum Gasteiger partial charge on any atom is 0.220 e. The molecule has 3 aromatic rings. The van der Waals surface area contributed by atoms with Crippen molar-refractivity contribution in [3.63, 3.8) is 0 Å². The molecule has 0 radical (unpaired) electrons. The molecule has 0 saturated carbocycles. The highest BCUT2D eigenvalue weighted by Gasteiger charge is 2.09. The summed E-state index contributed by atoms with van der Waals surface area (Å²) in [6, 6.07) is 11.9. The summed E-state index contributed by atoms with van der Waals surface area (Å²) in [6.45, 7) is 2.52. The lowest BCUT2D eigenvalue weighted by Gasteiger charge is -2.03. The summed E-state index contributed by atoms with van der Waals surface area (Å²) >= 11 is 0. The molecule has 2 aromatic heterocycles. The van der Waals surface area contributed by atoms with Gasteiger partial charge in [-0.1, -0.05) is 35.9 Å². The lowest BCUT2D eigenvalue weighted by molar-refractivity contribution is -0.121. The standard InChI is InChI=1S/C19H20N4O2/c1-14-4-2-5-15(10-14)11-19-23-22-18(25-19)8-7-17(24)21-13-16-6-3-9-20-12-16/h2-6,9-10,12H,7-8,11,13H2,1H3,(H,21,24). The summed E-state index contributed by atoms with van der Waals surface area (Å²) in [5.41, 5.74) is 3.29. The number of nitrogens with zero attached hydrogens (tertiary/aromatic N) is 3. The molecule has 6 heteroatoms. The van der Waals surface area contributed by atoms with Crippen molar-refractivity contribution in [3.8, 4) is 0 Å². The minimum Gasteiger partial charge on any atom is -0.425 e. The van der Waals surface area contributed by atoms with Gasteiger partial charge in [-0.2, -0.15) is 0 Å². The number of carbonyl (C=O) groups excluding carboxylic acids is 1. The van der Waals surface area contributed by atoms with Crippen LogP contribution in [0.2, 0.25) is 0 Å². The molecule has 25 heavy (non-hydrogen) atoms. The molecule has 0 aliphatic heterocycles. The van der Waals surface area contributed by atoms with Crippen molar-refractivity contribution in [2.24, 2.45) is 0 Å². The van der Waals surface area contributed by atoms with E-state index in [0.29, 0.717) is 37.6 Å². The maximum absolute atomic E-state index is 11.9. The molecule has 0 spiro atoms. The quantitative estimate of drug-likeness (QED) is 0.717. The second-order valence-corrected chi connectivity index (χ2v) is 5.89. The van der Waals surface area contributed by atoms with Crippen LogP contribution in [0, 0.1) is 6.92 Å². The van der Waals surface area contributed by atoms with Gasteiger partial charge < -0.3 is 9.73 Å². The average Bonchev–Trinajstić information content (AvgIpc) is 3.06. The van der Waals surface area contributed by atoms with Crippen LogP contribution < -0.4 is 5.32 Å². The molecule has 1 amide bonds. The molecular weight excluding hydrogens is 316 g/mol. The molecule has 2 heterocycles. The SMILES string of the molecule is Cc1cccc(Cc2nnc(CCC(=O)NCc3cccnc3)o2)c1. The van der Waals surface area contributed by atoms with Crippen LogP contribution in [0.3, 0.4) is 0 Å². The summed E-state index contributed by atoms with van der Waals surface area (Å²) in [6.07, 6.45) is 4.78. The number of hydrogen-bond donors (Lipinski definition) is 1. The molecule has 0 saturated heterocycles. The van der Waals surface area contributed by atoms with E-state index in [1.807, 2.05) is 37.3 Å². The van der Waals surface area contributed by atoms with E-state index >= 15 is 0 Å². The molecular formula is C19H20N4O2. The van der Waals surface area contributed by atoms with E-state index in [9.17, 15) is 4.79 Å². The largest absolute Gasteiger partial charge is 0.425 e. The number of nitrogens with one attached hydrogen (secondary N) is 1. The Labute approximate surface area is 146 Å². The highest BCUT2D eigenvalue weighted by molar-refractivity contribution is 5.75. The van der Waals surface area contributed by atoms with E-state index in [2.05, 4.69) is 26.6 Å². The Bertz CT molecular complexity index is 830. The van der Waals surface area contributed by atoms with Crippen LogP contribution in [0.25, 0.3) is 0 Å². The topological polar surface area (TPSA) is 80.9 Å². The lowest BCUT2D eigenvalue weighted by Crippen LogP contribution is -2.23. The van der Waals surface area contributed by atoms with Gasteiger partial charge in [0, 0.05) is 31.8 Å². The van der Waals surface area contributed by atoms with Crippen LogP contribution >= 0.6 is 0 Å². The van der Waals surface area contributed by atoms with Gasteiger partial charge in [0.25, 0.3) is 0 Å². The van der Waals surface area contributed by atoms with Gasteiger partial charge in [0.2, 0.25) is 17.7 Å². The molecule has 1 N–H and O–H groups in total. The third kappa shape index (κ3) is 5.24. The number of carbonyl (C=O) groups is 1. The van der Waals surface area contributed by atoms with Gasteiger partial charge in [-0.3, -0.25) is 9.78 Å². The highest BCUT2D eigenvalue weighted by Crippen LogP contribution is 2.11. The maximum atomic E-state index is 11.9.